The zero-order valence-corrected chi connectivity index (χ0v) is 9.70. The fourth-order valence-corrected chi connectivity index (χ4v) is 3.59. The predicted octanol–water partition coefficient (Wildman–Crippen LogP) is 3.10. The van der Waals surface area contributed by atoms with E-state index in [0.29, 0.717) is 24.5 Å². The van der Waals surface area contributed by atoms with Crippen LogP contribution >= 0.6 is 0 Å². The number of Topliss-reactive ketones (excluding diaryl/α,β-unsaturated/α-hetero) is 1. The van der Waals surface area contributed by atoms with Crippen molar-refractivity contribution in [2.75, 3.05) is 0 Å². The zero-order valence-electron chi connectivity index (χ0n) is 9.70. The molecule has 1 heteroatoms. The van der Waals surface area contributed by atoms with E-state index in [1.54, 1.807) is 0 Å². The minimum atomic E-state index is 0.390. The molecule has 1 nitrogen and oxygen atoms in total. The third-order valence-corrected chi connectivity index (χ3v) is 4.29. The largest absolute Gasteiger partial charge is 0.299 e. The molecule has 0 N–H and O–H groups in total. The van der Waals surface area contributed by atoms with Gasteiger partial charge in [0.2, 0.25) is 0 Å². The summed E-state index contributed by atoms with van der Waals surface area (Å²) in [7, 11) is 0. The van der Waals surface area contributed by atoms with Crippen LogP contribution in [0.3, 0.4) is 0 Å². The van der Waals surface area contributed by atoms with Crippen LogP contribution in [0.4, 0.5) is 0 Å². The summed E-state index contributed by atoms with van der Waals surface area (Å²) in [5, 5.41) is 0. The van der Waals surface area contributed by atoms with E-state index in [-0.39, 0.29) is 0 Å². The van der Waals surface area contributed by atoms with Gasteiger partial charge in [-0.2, -0.15) is 0 Å². The highest BCUT2D eigenvalue weighted by atomic mass is 16.1. The van der Waals surface area contributed by atoms with Crippen LogP contribution in [-0.4, -0.2) is 5.78 Å². The van der Waals surface area contributed by atoms with Gasteiger partial charge in [0.15, 0.2) is 0 Å². The van der Waals surface area contributed by atoms with Gasteiger partial charge in [0.1, 0.15) is 5.78 Å². The molecule has 1 saturated carbocycles. The molecule has 0 heterocycles. The van der Waals surface area contributed by atoms with Gasteiger partial charge >= 0.3 is 0 Å². The molecular formula is C16H14O. The Bertz CT molecular complexity index is 543. The van der Waals surface area contributed by atoms with Gasteiger partial charge in [-0.3, -0.25) is 4.79 Å². The molecule has 1 aromatic rings. The van der Waals surface area contributed by atoms with E-state index in [1.165, 1.54) is 27.8 Å². The van der Waals surface area contributed by atoms with Crippen LogP contribution < -0.4 is 0 Å². The van der Waals surface area contributed by atoms with Crippen LogP contribution in [0.25, 0.3) is 0 Å². The van der Waals surface area contributed by atoms with E-state index in [1.807, 2.05) is 0 Å². The van der Waals surface area contributed by atoms with Gasteiger partial charge in [0.05, 0.1) is 0 Å². The van der Waals surface area contributed by atoms with Crippen LogP contribution in [0.5, 0.6) is 0 Å². The molecule has 0 aliphatic heterocycles. The molecule has 84 valence electrons. The molecule has 0 atom stereocenters. The van der Waals surface area contributed by atoms with Crippen LogP contribution in [0.1, 0.15) is 35.4 Å². The van der Waals surface area contributed by atoms with Crippen molar-refractivity contribution in [3.63, 3.8) is 0 Å². The molecule has 0 aromatic heterocycles. The Morgan fingerprint density at radius 1 is 0.941 bits per heavy atom. The highest BCUT2D eigenvalue weighted by molar-refractivity contribution is 5.87. The van der Waals surface area contributed by atoms with Crippen molar-refractivity contribution in [1.82, 2.24) is 0 Å². The van der Waals surface area contributed by atoms with E-state index in [2.05, 4.69) is 30.4 Å². The lowest BCUT2D eigenvalue weighted by atomic mass is 9.67. The second kappa shape index (κ2) is 3.19. The number of ketones is 1. The summed E-state index contributed by atoms with van der Waals surface area (Å²) < 4.78 is 0. The number of rotatable bonds is 0. The van der Waals surface area contributed by atoms with E-state index < -0.39 is 0 Å². The van der Waals surface area contributed by atoms with Gasteiger partial charge in [-0.05, 0) is 29.5 Å². The molecule has 3 aliphatic carbocycles. The lowest BCUT2D eigenvalue weighted by Gasteiger charge is -2.37. The Kier molecular flexibility index (Phi) is 1.77. The third-order valence-electron chi connectivity index (χ3n) is 4.29. The summed E-state index contributed by atoms with van der Waals surface area (Å²) in [6.45, 7) is 0. The Hall–Kier alpha value is -1.63. The summed E-state index contributed by atoms with van der Waals surface area (Å²) >= 11 is 0. The molecule has 0 unspecified atom stereocenters. The number of allylic oxidation sites excluding steroid dienone is 4. The minimum absolute atomic E-state index is 0.390. The van der Waals surface area contributed by atoms with E-state index in [9.17, 15) is 4.79 Å². The Morgan fingerprint density at radius 2 is 1.53 bits per heavy atom. The molecule has 1 fully saturated rings. The molecule has 0 radical (unpaired) electrons. The number of carbonyl (C=O) groups is 1. The van der Waals surface area contributed by atoms with Gasteiger partial charge < -0.3 is 0 Å². The maximum absolute atomic E-state index is 11.7. The lowest BCUT2D eigenvalue weighted by molar-refractivity contribution is -0.118. The lowest BCUT2D eigenvalue weighted by Crippen LogP contribution is -2.25. The van der Waals surface area contributed by atoms with Crippen LogP contribution in [0.2, 0.25) is 0 Å². The number of hydrogen-bond acceptors (Lipinski definition) is 1. The molecule has 0 spiro atoms. The maximum Gasteiger partial charge on any atom is 0.141 e. The minimum Gasteiger partial charge on any atom is -0.299 e. The molecule has 17 heavy (non-hydrogen) atoms. The smallest absolute Gasteiger partial charge is 0.141 e. The first-order valence-electron chi connectivity index (χ1n) is 6.33. The van der Waals surface area contributed by atoms with E-state index >= 15 is 0 Å². The fraction of sp³-hybridized carbons (Fsp3) is 0.312. The monoisotopic (exact) mass is 222 g/mol. The van der Waals surface area contributed by atoms with Crippen molar-refractivity contribution in [1.29, 1.82) is 0 Å². The van der Waals surface area contributed by atoms with E-state index in [4.69, 9.17) is 0 Å². The molecule has 1 aromatic carbocycles. The van der Waals surface area contributed by atoms with Crippen molar-refractivity contribution in [2.45, 2.75) is 31.6 Å². The number of hydrogen-bond donors (Lipinski definition) is 0. The average Bonchev–Trinajstić information content (AvgIpc) is 2.35. The second-order valence-electron chi connectivity index (χ2n) is 5.28. The normalized spacial score (nSPS) is 21.8. The molecule has 0 saturated heterocycles. The topological polar surface area (TPSA) is 17.1 Å². The highest BCUT2D eigenvalue weighted by Gasteiger charge is 2.35. The summed E-state index contributed by atoms with van der Waals surface area (Å²) in [4.78, 5) is 11.7. The standard InChI is InChI=1S/C16H14O/c17-14-8-12-6-4-10-2-1-3-11-5-7-13(9-14)16(12)15(10)11/h1-3,6-7,16H,4-5,8-9H2. The van der Waals surface area contributed by atoms with Crippen LogP contribution in [0.15, 0.2) is 41.5 Å². The van der Waals surface area contributed by atoms with Gasteiger partial charge in [-0.25, -0.2) is 0 Å². The van der Waals surface area contributed by atoms with Gasteiger partial charge in [-0.15, -0.1) is 0 Å². The molecule has 0 amide bonds. The van der Waals surface area contributed by atoms with Crippen molar-refractivity contribution >= 4 is 5.78 Å². The average molecular weight is 222 g/mol. The van der Waals surface area contributed by atoms with Crippen LogP contribution in [0, 0.1) is 0 Å². The first-order chi connectivity index (χ1) is 8.33. The first-order valence-corrected chi connectivity index (χ1v) is 6.33. The number of benzene rings is 1. The summed E-state index contributed by atoms with van der Waals surface area (Å²) in [5.74, 6) is 0.836. The summed E-state index contributed by atoms with van der Waals surface area (Å²) in [6, 6.07) is 6.65. The fourth-order valence-electron chi connectivity index (χ4n) is 3.59. The van der Waals surface area contributed by atoms with Crippen molar-refractivity contribution in [2.24, 2.45) is 0 Å². The molecule has 0 bridgehead atoms. The Morgan fingerprint density at radius 3 is 2.12 bits per heavy atom. The predicted molar refractivity (Wildman–Crippen MR) is 67.0 cm³/mol. The van der Waals surface area contributed by atoms with Gasteiger partial charge in [0, 0.05) is 18.8 Å². The van der Waals surface area contributed by atoms with Crippen molar-refractivity contribution in [3.8, 4) is 0 Å². The van der Waals surface area contributed by atoms with Crippen LogP contribution in [-0.2, 0) is 17.6 Å². The third kappa shape index (κ3) is 1.22. The highest BCUT2D eigenvalue weighted by Crippen LogP contribution is 2.47. The second-order valence-corrected chi connectivity index (χ2v) is 5.28. The Balaban J connectivity index is 1.97. The van der Waals surface area contributed by atoms with Crippen molar-refractivity contribution in [3.05, 3.63) is 58.2 Å². The summed E-state index contributed by atoms with van der Waals surface area (Å²) in [6.07, 6.45) is 7.94. The maximum atomic E-state index is 11.7. The molecule has 3 aliphatic rings. The molecule has 4 rings (SSSR count). The Labute approximate surface area is 101 Å². The van der Waals surface area contributed by atoms with Gasteiger partial charge in [-0.1, -0.05) is 41.5 Å². The zero-order chi connectivity index (χ0) is 11.4. The van der Waals surface area contributed by atoms with Gasteiger partial charge in [0.25, 0.3) is 0 Å². The SMILES string of the molecule is O=C1CC2=CCc3cccc4c3C2C(=CC4)C1. The van der Waals surface area contributed by atoms with Crippen molar-refractivity contribution < 1.29 is 4.79 Å². The first kappa shape index (κ1) is 9.41. The quantitative estimate of drug-likeness (QED) is 0.616. The number of carbonyl (C=O) groups excluding carboxylic acids is 1. The molecular weight excluding hydrogens is 208 g/mol. The summed E-state index contributed by atoms with van der Waals surface area (Å²) in [5.41, 5.74) is 7.17. The van der Waals surface area contributed by atoms with E-state index in [0.717, 1.165) is 12.8 Å².